The van der Waals surface area contributed by atoms with Gasteiger partial charge in [-0.3, -0.25) is 15.1 Å². The molecular weight excluding hydrogens is 370 g/mol. The second-order valence-electron chi connectivity index (χ2n) is 7.77. The SMILES string of the molecule is CN=C(NCCn1cnc2ccccc21)N1CCC(C2(C)NC(=O)NC2=O)CC1. The summed E-state index contributed by atoms with van der Waals surface area (Å²) in [4.78, 5) is 34.8. The second kappa shape index (κ2) is 7.73. The van der Waals surface area contributed by atoms with Gasteiger partial charge in [0.05, 0.1) is 17.4 Å². The van der Waals surface area contributed by atoms with Crippen molar-refractivity contribution in [3.63, 3.8) is 0 Å². The molecule has 1 atom stereocenters. The van der Waals surface area contributed by atoms with E-state index in [-0.39, 0.29) is 11.8 Å². The summed E-state index contributed by atoms with van der Waals surface area (Å²) in [5.74, 6) is 0.745. The number of likely N-dealkylation sites (tertiary alicyclic amines) is 1. The maximum Gasteiger partial charge on any atom is 0.322 e. The number of hydrogen-bond donors (Lipinski definition) is 3. The van der Waals surface area contributed by atoms with E-state index in [0.29, 0.717) is 0 Å². The Bertz CT molecular complexity index is 945. The van der Waals surface area contributed by atoms with Crippen LogP contribution in [0.2, 0.25) is 0 Å². The number of amides is 3. The van der Waals surface area contributed by atoms with Crippen molar-refractivity contribution in [2.75, 3.05) is 26.7 Å². The van der Waals surface area contributed by atoms with Crippen molar-refractivity contribution >= 4 is 28.9 Å². The van der Waals surface area contributed by atoms with Gasteiger partial charge in [0.2, 0.25) is 0 Å². The van der Waals surface area contributed by atoms with Crippen molar-refractivity contribution in [2.45, 2.75) is 31.8 Å². The highest BCUT2D eigenvalue weighted by Gasteiger charge is 2.48. The monoisotopic (exact) mass is 397 g/mol. The zero-order valence-electron chi connectivity index (χ0n) is 16.8. The average Bonchev–Trinajstić information content (AvgIpc) is 3.26. The number of imide groups is 1. The second-order valence-corrected chi connectivity index (χ2v) is 7.77. The van der Waals surface area contributed by atoms with Gasteiger partial charge in [-0.25, -0.2) is 9.78 Å². The summed E-state index contributed by atoms with van der Waals surface area (Å²) in [6, 6.07) is 7.69. The van der Waals surface area contributed by atoms with Gasteiger partial charge in [0.1, 0.15) is 5.54 Å². The fourth-order valence-corrected chi connectivity index (χ4v) is 4.32. The van der Waals surface area contributed by atoms with Gasteiger partial charge in [-0.05, 0) is 37.8 Å². The lowest BCUT2D eigenvalue weighted by molar-refractivity contribution is -0.125. The predicted molar refractivity (Wildman–Crippen MR) is 110 cm³/mol. The summed E-state index contributed by atoms with van der Waals surface area (Å²) < 4.78 is 2.13. The first-order chi connectivity index (χ1) is 14.0. The summed E-state index contributed by atoms with van der Waals surface area (Å²) in [5.41, 5.74) is 1.30. The Kier molecular flexibility index (Phi) is 5.12. The van der Waals surface area contributed by atoms with Crippen molar-refractivity contribution in [3.8, 4) is 0 Å². The van der Waals surface area contributed by atoms with E-state index in [1.165, 1.54) is 0 Å². The minimum absolute atomic E-state index is 0.112. The lowest BCUT2D eigenvalue weighted by Gasteiger charge is -2.39. The van der Waals surface area contributed by atoms with E-state index in [2.05, 4.69) is 41.5 Å². The number of para-hydroxylation sites is 2. The van der Waals surface area contributed by atoms with Crippen LogP contribution in [0.5, 0.6) is 0 Å². The van der Waals surface area contributed by atoms with Crippen LogP contribution in [0.4, 0.5) is 4.79 Å². The number of nitrogens with one attached hydrogen (secondary N) is 3. The Morgan fingerprint density at radius 3 is 2.76 bits per heavy atom. The lowest BCUT2D eigenvalue weighted by atomic mass is 9.79. The molecule has 0 aliphatic carbocycles. The molecular formula is C20H27N7O2. The minimum atomic E-state index is -0.817. The van der Waals surface area contributed by atoms with Gasteiger partial charge >= 0.3 is 6.03 Å². The highest BCUT2D eigenvalue weighted by Crippen LogP contribution is 2.30. The van der Waals surface area contributed by atoms with Gasteiger partial charge in [0.15, 0.2) is 5.96 Å². The lowest BCUT2D eigenvalue weighted by Crippen LogP contribution is -2.55. The molecule has 2 saturated heterocycles. The Morgan fingerprint density at radius 2 is 2.07 bits per heavy atom. The molecule has 3 amide bonds. The van der Waals surface area contributed by atoms with E-state index in [9.17, 15) is 9.59 Å². The molecule has 2 fully saturated rings. The third kappa shape index (κ3) is 3.64. The molecule has 1 aromatic heterocycles. The minimum Gasteiger partial charge on any atom is -0.354 e. The first-order valence-corrected chi connectivity index (χ1v) is 10.0. The van der Waals surface area contributed by atoms with Crippen LogP contribution in [0.25, 0.3) is 11.0 Å². The van der Waals surface area contributed by atoms with Gasteiger partial charge in [0.25, 0.3) is 5.91 Å². The number of urea groups is 1. The Balaban J connectivity index is 1.30. The standard InChI is InChI=1S/C20H27N7O2/c1-20(17(28)24-19(29)25-20)14-7-10-26(11-8-14)18(21-2)22-9-12-27-13-23-15-5-3-4-6-16(15)27/h3-6,13-14H,7-12H2,1-2H3,(H,21,22)(H2,24,25,28,29). The summed E-state index contributed by atoms with van der Waals surface area (Å²) in [6.07, 6.45) is 3.50. The van der Waals surface area contributed by atoms with Crippen LogP contribution in [0.1, 0.15) is 19.8 Å². The molecule has 2 aliphatic heterocycles. The zero-order chi connectivity index (χ0) is 20.4. The first kappa shape index (κ1) is 19.2. The number of imidazole rings is 1. The maximum atomic E-state index is 12.2. The van der Waals surface area contributed by atoms with E-state index < -0.39 is 11.6 Å². The molecule has 0 spiro atoms. The van der Waals surface area contributed by atoms with E-state index in [4.69, 9.17) is 0 Å². The number of aliphatic imine (C=N–C) groups is 1. The third-order valence-corrected chi connectivity index (χ3v) is 6.06. The number of nitrogens with zero attached hydrogens (tertiary/aromatic N) is 4. The summed E-state index contributed by atoms with van der Waals surface area (Å²) in [6.45, 7) is 4.92. The molecule has 0 bridgehead atoms. The number of benzene rings is 1. The van der Waals surface area contributed by atoms with Crippen molar-refractivity contribution < 1.29 is 9.59 Å². The molecule has 2 aromatic rings. The number of fused-ring (bicyclic) bond motifs is 1. The molecule has 0 saturated carbocycles. The Labute approximate surface area is 169 Å². The van der Waals surface area contributed by atoms with Gasteiger partial charge < -0.3 is 20.1 Å². The van der Waals surface area contributed by atoms with Crippen molar-refractivity contribution in [2.24, 2.45) is 10.9 Å². The molecule has 9 heteroatoms. The molecule has 154 valence electrons. The van der Waals surface area contributed by atoms with Gasteiger partial charge in [-0.15, -0.1) is 0 Å². The number of carbonyl (C=O) groups excluding carboxylic acids is 2. The van der Waals surface area contributed by atoms with Crippen molar-refractivity contribution in [1.29, 1.82) is 0 Å². The third-order valence-electron chi connectivity index (χ3n) is 6.06. The van der Waals surface area contributed by atoms with Crippen LogP contribution in [-0.4, -0.2) is 64.6 Å². The summed E-state index contributed by atoms with van der Waals surface area (Å²) in [7, 11) is 1.78. The molecule has 4 rings (SSSR count). The van der Waals surface area contributed by atoms with E-state index in [0.717, 1.165) is 56.0 Å². The van der Waals surface area contributed by atoms with Crippen molar-refractivity contribution in [1.82, 2.24) is 30.4 Å². The number of guanidine groups is 1. The molecule has 1 aromatic carbocycles. The highest BCUT2D eigenvalue weighted by molar-refractivity contribution is 6.07. The van der Waals surface area contributed by atoms with Crippen molar-refractivity contribution in [3.05, 3.63) is 30.6 Å². The van der Waals surface area contributed by atoms with E-state index >= 15 is 0 Å². The van der Waals surface area contributed by atoms with Gasteiger partial charge in [-0.1, -0.05) is 12.1 Å². The van der Waals surface area contributed by atoms with Crippen LogP contribution in [0.3, 0.4) is 0 Å². The molecule has 29 heavy (non-hydrogen) atoms. The quantitative estimate of drug-likeness (QED) is 0.404. The van der Waals surface area contributed by atoms with Gasteiger partial charge in [0, 0.05) is 33.2 Å². The normalized spacial score (nSPS) is 23.4. The van der Waals surface area contributed by atoms with Crippen LogP contribution >= 0.6 is 0 Å². The van der Waals surface area contributed by atoms with Crippen LogP contribution in [-0.2, 0) is 11.3 Å². The molecule has 0 radical (unpaired) electrons. The molecule has 9 nitrogen and oxygen atoms in total. The molecule has 3 heterocycles. The molecule has 3 N–H and O–H groups in total. The molecule has 2 aliphatic rings. The summed E-state index contributed by atoms with van der Waals surface area (Å²) in [5, 5.41) is 8.59. The molecule has 1 unspecified atom stereocenters. The maximum absolute atomic E-state index is 12.2. The number of carbonyl (C=O) groups is 2. The summed E-state index contributed by atoms with van der Waals surface area (Å²) >= 11 is 0. The largest absolute Gasteiger partial charge is 0.354 e. The van der Waals surface area contributed by atoms with Crippen LogP contribution in [0, 0.1) is 5.92 Å². The fraction of sp³-hybridized carbons (Fsp3) is 0.500. The number of aromatic nitrogens is 2. The van der Waals surface area contributed by atoms with Crippen LogP contribution < -0.4 is 16.0 Å². The Hall–Kier alpha value is -3.10. The predicted octanol–water partition coefficient (Wildman–Crippen LogP) is 0.922. The van der Waals surface area contributed by atoms with Gasteiger partial charge in [-0.2, -0.15) is 0 Å². The first-order valence-electron chi connectivity index (χ1n) is 10.0. The highest BCUT2D eigenvalue weighted by atomic mass is 16.2. The Morgan fingerprint density at radius 1 is 1.31 bits per heavy atom. The number of rotatable bonds is 4. The van der Waals surface area contributed by atoms with E-state index in [1.807, 2.05) is 31.5 Å². The van der Waals surface area contributed by atoms with E-state index in [1.54, 1.807) is 7.05 Å². The number of hydrogen-bond acceptors (Lipinski definition) is 4. The smallest absolute Gasteiger partial charge is 0.322 e. The topological polar surface area (TPSA) is 104 Å². The fourth-order valence-electron chi connectivity index (χ4n) is 4.32. The zero-order valence-corrected chi connectivity index (χ0v) is 16.8. The van der Waals surface area contributed by atoms with Crippen LogP contribution in [0.15, 0.2) is 35.6 Å². The average molecular weight is 397 g/mol. The number of piperidine rings is 1.